The molecule has 0 unspecified atom stereocenters. The van der Waals surface area contributed by atoms with Gasteiger partial charge >= 0.3 is 24.3 Å². The van der Waals surface area contributed by atoms with Crippen molar-refractivity contribution in [1.29, 1.82) is 0 Å². The highest BCUT2D eigenvalue weighted by Gasteiger charge is 2.46. The van der Waals surface area contributed by atoms with Crippen LogP contribution in [0.3, 0.4) is 0 Å². The fraction of sp³-hybridized carbons (Fsp3) is 0.385. The van der Waals surface area contributed by atoms with E-state index >= 15 is 0 Å². The third kappa shape index (κ3) is 6.17. The van der Waals surface area contributed by atoms with Crippen LogP contribution < -0.4 is 0 Å². The van der Waals surface area contributed by atoms with E-state index in [1.165, 1.54) is 24.3 Å². The first-order valence-electron chi connectivity index (χ1n) is 6.00. The third-order valence-corrected chi connectivity index (χ3v) is 2.46. The first kappa shape index (κ1) is 18.8. The van der Waals surface area contributed by atoms with Gasteiger partial charge in [0, 0.05) is 6.42 Å². The van der Waals surface area contributed by atoms with Crippen LogP contribution in [0, 0.1) is 6.92 Å². The maximum atomic E-state index is 12.1. The lowest BCUT2D eigenvalue weighted by atomic mass is 10.1. The first-order chi connectivity index (χ1) is 10.4. The van der Waals surface area contributed by atoms with Crippen LogP contribution in [-0.2, 0) is 25.5 Å². The van der Waals surface area contributed by atoms with Crippen molar-refractivity contribution in [3.05, 3.63) is 35.4 Å². The number of hydrogen-bond donors (Lipinski definition) is 0. The summed E-state index contributed by atoms with van der Waals surface area (Å²) in [7, 11) is 0. The van der Waals surface area contributed by atoms with E-state index in [0.29, 0.717) is 0 Å². The van der Waals surface area contributed by atoms with Crippen LogP contribution >= 0.6 is 0 Å². The Morgan fingerprint density at radius 2 is 1.30 bits per heavy atom. The van der Waals surface area contributed by atoms with Crippen molar-refractivity contribution in [2.24, 2.45) is 0 Å². The Labute approximate surface area is 126 Å². The standard InChI is InChI=1S/C13H10F6O4/c1-7-2-4-8(5-3-7)6-9(22-10(20)12(14,15)16)23-11(21)13(17,18)19/h2-5,9H,6H2,1H3. The van der Waals surface area contributed by atoms with Crippen molar-refractivity contribution in [2.45, 2.75) is 32.0 Å². The Morgan fingerprint density at radius 1 is 0.913 bits per heavy atom. The lowest BCUT2D eigenvalue weighted by molar-refractivity contribution is -0.240. The van der Waals surface area contributed by atoms with Gasteiger partial charge in [-0.1, -0.05) is 29.8 Å². The molecule has 0 radical (unpaired) electrons. The molecule has 0 heterocycles. The second-order valence-corrected chi connectivity index (χ2v) is 4.43. The Kier molecular flexibility index (Phi) is 5.62. The summed E-state index contributed by atoms with van der Waals surface area (Å²) < 4.78 is 80.4. The van der Waals surface area contributed by atoms with E-state index in [2.05, 4.69) is 9.47 Å². The van der Waals surface area contributed by atoms with Gasteiger partial charge in [-0.25, -0.2) is 9.59 Å². The number of hydrogen-bond acceptors (Lipinski definition) is 4. The van der Waals surface area contributed by atoms with Gasteiger partial charge in [0.1, 0.15) is 0 Å². The highest BCUT2D eigenvalue weighted by Crippen LogP contribution is 2.22. The van der Waals surface area contributed by atoms with E-state index in [1.807, 2.05) is 0 Å². The van der Waals surface area contributed by atoms with Crippen LogP contribution in [0.25, 0.3) is 0 Å². The number of rotatable bonds is 4. The van der Waals surface area contributed by atoms with Crippen LogP contribution in [0.2, 0.25) is 0 Å². The molecule has 0 aromatic heterocycles. The molecule has 10 heteroatoms. The third-order valence-electron chi connectivity index (χ3n) is 2.46. The van der Waals surface area contributed by atoms with Gasteiger partial charge in [-0.15, -0.1) is 0 Å². The Morgan fingerprint density at radius 3 is 1.65 bits per heavy atom. The smallest absolute Gasteiger partial charge is 0.418 e. The number of esters is 2. The van der Waals surface area contributed by atoms with Crippen LogP contribution in [0.1, 0.15) is 11.1 Å². The summed E-state index contributed by atoms with van der Waals surface area (Å²) in [5.41, 5.74) is 0.996. The fourth-order valence-corrected chi connectivity index (χ4v) is 1.40. The molecule has 0 aliphatic carbocycles. The van der Waals surface area contributed by atoms with E-state index in [0.717, 1.165) is 5.56 Å². The number of aryl methyl sites for hydroxylation is 1. The van der Waals surface area contributed by atoms with Crippen LogP contribution in [0.4, 0.5) is 26.3 Å². The molecule has 0 atom stereocenters. The van der Waals surface area contributed by atoms with Crippen molar-refractivity contribution < 1.29 is 45.4 Å². The van der Waals surface area contributed by atoms with Gasteiger partial charge in [0.05, 0.1) is 0 Å². The molecule has 0 bridgehead atoms. The van der Waals surface area contributed by atoms with Crippen LogP contribution in [0.5, 0.6) is 0 Å². The number of carbonyl (C=O) groups excluding carboxylic acids is 2. The number of benzene rings is 1. The van der Waals surface area contributed by atoms with Gasteiger partial charge in [0.15, 0.2) is 0 Å². The molecule has 4 nitrogen and oxygen atoms in total. The van der Waals surface area contributed by atoms with Crippen molar-refractivity contribution >= 4 is 11.9 Å². The Balaban J connectivity index is 2.89. The number of carbonyl (C=O) groups is 2. The summed E-state index contributed by atoms with van der Waals surface area (Å²) in [6.45, 7) is 1.70. The molecule has 0 fully saturated rings. The molecular weight excluding hydrogens is 334 g/mol. The summed E-state index contributed by atoms with van der Waals surface area (Å²) in [5, 5.41) is 0. The zero-order chi connectivity index (χ0) is 17.8. The summed E-state index contributed by atoms with van der Waals surface area (Å²) in [4.78, 5) is 21.5. The van der Waals surface area contributed by atoms with Gasteiger partial charge in [-0.05, 0) is 12.5 Å². The van der Waals surface area contributed by atoms with E-state index in [4.69, 9.17) is 0 Å². The minimum absolute atomic E-state index is 0.213. The predicted molar refractivity (Wildman–Crippen MR) is 63.0 cm³/mol. The molecule has 0 aliphatic rings. The SMILES string of the molecule is Cc1ccc(CC(OC(=O)C(F)(F)F)OC(=O)C(F)(F)F)cc1. The van der Waals surface area contributed by atoms with Gasteiger partial charge in [0.25, 0.3) is 6.29 Å². The summed E-state index contributed by atoms with van der Waals surface area (Å²) in [6.07, 6.45) is -13.9. The van der Waals surface area contributed by atoms with Gasteiger partial charge in [0.2, 0.25) is 0 Å². The summed E-state index contributed by atoms with van der Waals surface area (Å²) >= 11 is 0. The molecule has 0 N–H and O–H groups in total. The second-order valence-electron chi connectivity index (χ2n) is 4.43. The molecule has 0 spiro atoms. The molecule has 1 aromatic carbocycles. The zero-order valence-corrected chi connectivity index (χ0v) is 11.5. The maximum Gasteiger partial charge on any atom is 0.491 e. The molecule has 1 aromatic rings. The largest absolute Gasteiger partial charge is 0.491 e. The molecule has 0 saturated heterocycles. The molecule has 23 heavy (non-hydrogen) atoms. The minimum atomic E-state index is -5.43. The van der Waals surface area contributed by atoms with E-state index in [9.17, 15) is 35.9 Å². The van der Waals surface area contributed by atoms with Crippen LogP contribution in [0.15, 0.2) is 24.3 Å². The molecule has 0 amide bonds. The first-order valence-corrected chi connectivity index (χ1v) is 6.00. The average molecular weight is 344 g/mol. The minimum Gasteiger partial charge on any atom is -0.418 e. The molecule has 0 aliphatic heterocycles. The van der Waals surface area contributed by atoms with Crippen LogP contribution in [-0.4, -0.2) is 30.6 Å². The normalized spacial score (nSPS) is 12.2. The maximum absolute atomic E-state index is 12.1. The Bertz CT molecular complexity index is 533. The second kappa shape index (κ2) is 6.88. The number of halogens is 6. The quantitative estimate of drug-likeness (QED) is 0.479. The lowest BCUT2D eigenvalue weighted by Crippen LogP contribution is -2.37. The number of ether oxygens (including phenoxy) is 2. The Hall–Kier alpha value is -2.26. The van der Waals surface area contributed by atoms with Crippen molar-refractivity contribution in [1.82, 2.24) is 0 Å². The molecule has 0 saturated carbocycles. The van der Waals surface area contributed by atoms with Gasteiger partial charge in [-0.2, -0.15) is 26.3 Å². The molecule has 128 valence electrons. The average Bonchev–Trinajstić information content (AvgIpc) is 2.39. The summed E-state index contributed by atoms with van der Waals surface area (Å²) in [6, 6.07) is 5.82. The summed E-state index contributed by atoms with van der Waals surface area (Å²) in [5.74, 6) is -5.52. The van der Waals surface area contributed by atoms with E-state index in [1.54, 1.807) is 6.92 Å². The monoisotopic (exact) mass is 344 g/mol. The van der Waals surface area contributed by atoms with Crippen molar-refractivity contribution in [2.75, 3.05) is 0 Å². The number of alkyl halides is 6. The molecular formula is C13H10F6O4. The van der Waals surface area contributed by atoms with Gasteiger partial charge in [-0.3, -0.25) is 0 Å². The van der Waals surface area contributed by atoms with Crippen molar-refractivity contribution in [3.8, 4) is 0 Å². The highest BCUT2D eigenvalue weighted by atomic mass is 19.4. The fourth-order valence-electron chi connectivity index (χ4n) is 1.40. The van der Waals surface area contributed by atoms with Crippen molar-refractivity contribution in [3.63, 3.8) is 0 Å². The van der Waals surface area contributed by atoms with E-state index < -0.39 is 37.0 Å². The zero-order valence-electron chi connectivity index (χ0n) is 11.5. The molecule has 1 rings (SSSR count). The lowest BCUT2D eigenvalue weighted by Gasteiger charge is -2.19. The highest BCUT2D eigenvalue weighted by molar-refractivity contribution is 5.77. The van der Waals surface area contributed by atoms with E-state index in [-0.39, 0.29) is 5.56 Å². The van der Waals surface area contributed by atoms with Gasteiger partial charge < -0.3 is 9.47 Å². The topological polar surface area (TPSA) is 52.6 Å². The predicted octanol–water partition coefficient (Wildman–Crippen LogP) is 3.07.